The summed E-state index contributed by atoms with van der Waals surface area (Å²) in [6.07, 6.45) is -3.12. The lowest BCUT2D eigenvalue weighted by Crippen LogP contribution is -2.14. The summed E-state index contributed by atoms with van der Waals surface area (Å²) in [6, 6.07) is 0.830. The predicted octanol–water partition coefficient (Wildman–Crippen LogP) is 1.96. The highest BCUT2D eigenvalue weighted by Gasteiger charge is 2.26. The smallest absolute Gasteiger partial charge is 0.341 e. The van der Waals surface area contributed by atoms with Crippen LogP contribution in [0.3, 0.4) is 0 Å². The Hall–Kier alpha value is -1.50. The molecule has 0 unspecified atom stereocenters. The van der Waals surface area contributed by atoms with E-state index in [0.717, 1.165) is 6.07 Å². The van der Waals surface area contributed by atoms with Gasteiger partial charge in [-0.05, 0) is 0 Å². The van der Waals surface area contributed by atoms with E-state index in [1.165, 1.54) is 0 Å². The zero-order valence-electron chi connectivity index (χ0n) is 7.17. The van der Waals surface area contributed by atoms with E-state index in [1.807, 2.05) is 0 Å². The zero-order valence-corrected chi connectivity index (χ0v) is 7.92. The van der Waals surface area contributed by atoms with E-state index in [-0.39, 0.29) is 11.6 Å². The van der Waals surface area contributed by atoms with E-state index in [2.05, 4.69) is 4.98 Å². The van der Waals surface area contributed by atoms with Gasteiger partial charge in [-0.25, -0.2) is 8.78 Å². The molecule has 1 aromatic heterocycles. The number of rotatable bonds is 3. The monoisotopic (exact) mass is 238 g/mol. The first kappa shape index (κ1) is 11.6. The molecule has 0 radical (unpaired) electrons. The Morgan fingerprint density at radius 1 is 1.60 bits per heavy atom. The fourth-order valence-corrected chi connectivity index (χ4v) is 1.19. The molecule has 0 aromatic carbocycles. The number of halogens is 3. The Balaban J connectivity index is 3.50. The molecule has 0 aliphatic carbocycles. The van der Waals surface area contributed by atoms with Crippen molar-refractivity contribution < 1.29 is 13.7 Å². The summed E-state index contributed by atoms with van der Waals surface area (Å²) in [5.41, 5.74) is -3.21. The summed E-state index contributed by atoms with van der Waals surface area (Å²) in [6.45, 7) is 0. The number of nitrogens with one attached hydrogen (secondary N) is 1. The second-order valence-corrected chi connectivity index (χ2v) is 2.88. The number of aromatic nitrogens is 1. The molecule has 0 amide bonds. The van der Waals surface area contributed by atoms with Crippen LogP contribution < -0.4 is 5.43 Å². The summed E-state index contributed by atoms with van der Waals surface area (Å²) in [5.74, 6) is -0.201. The first-order valence-electron chi connectivity index (χ1n) is 3.72. The first-order valence-corrected chi connectivity index (χ1v) is 4.25. The van der Waals surface area contributed by atoms with Gasteiger partial charge < -0.3 is 4.98 Å². The van der Waals surface area contributed by atoms with Gasteiger partial charge in [0.25, 0.3) is 11.9 Å². The van der Waals surface area contributed by atoms with Crippen LogP contribution >= 0.6 is 11.6 Å². The van der Waals surface area contributed by atoms with Gasteiger partial charge in [-0.2, -0.15) is 0 Å². The van der Waals surface area contributed by atoms with Crippen LogP contribution in [0.1, 0.15) is 17.8 Å². The van der Waals surface area contributed by atoms with Gasteiger partial charge in [0.2, 0.25) is 0 Å². The van der Waals surface area contributed by atoms with Crippen molar-refractivity contribution in [2.45, 2.75) is 12.3 Å². The van der Waals surface area contributed by atoms with E-state index < -0.39 is 28.2 Å². The molecule has 15 heavy (non-hydrogen) atoms. The van der Waals surface area contributed by atoms with Crippen LogP contribution in [-0.4, -0.2) is 9.91 Å². The lowest BCUT2D eigenvalue weighted by atomic mass is 10.2. The van der Waals surface area contributed by atoms with E-state index in [1.54, 1.807) is 0 Å². The molecule has 5 nitrogen and oxygen atoms in total. The molecule has 0 bridgehead atoms. The van der Waals surface area contributed by atoms with Crippen molar-refractivity contribution in [3.05, 3.63) is 37.8 Å². The van der Waals surface area contributed by atoms with Crippen molar-refractivity contribution in [3.8, 4) is 0 Å². The van der Waals surface area contributed by atoms with Crippen LogP contribution in [0.2, 0.25) is 0 Å². The Bertz CT molecular complexity index is 446. The molecule has 0 atom stereocenters. The molecule has 0 aliphatic heterocycles. The Morgan fingerprint density at radius 3 is 2.60 bits per heavy atom. The normalized spacial score (nSPS) is 10.7. The lowest BCUT2D eigenvalue weighted by molar-refractivity contribution is -0.387. The average molecular weight is 239 g/mol. The van der Waals surface area contributed by atoms with Gasteiger partial charge >= 0.3 is 5.69 Å². The number of H-pyrrole nitrogens is 1. The van der Waals surface area contributed by atoms with Gasteiger partial charge in [-0.3, -0.25) is 14.9 Å². The van der Waals surface area contributed by atoms with E-state index in [0.29, 0.717) is 0 Å². The van der Waals surface area contributed by atoms with Crippen LogP contribution in [0, 0.1) is 10.1 Å². The molecule has 0 spiro atoms. The first-order chi connectivity index (χ1) is 6.97. The molecule has 0 saturated carbocycles. The van der Waals surface area contributed by atoms with E-state index in [9.17, 15) is 23.7 Å². The minimum absolute atomic E-state index is 0.0163. The number of aromatic amines is 1. The van der Waals surface area contributed by atoms with Crippen molar-refractivity contribution in [2.75, 3.05) is 0 Å². The number of pyridine rings is 1. The Kier molecular flexibility index (Phi) is 3.35. The van der Waals surface area contributed by atoms with Gasteiger partial charge in [0, 0.05) is 11.8 Å². The zero-order chi connectivity index (χ0) is 11.6. The lowest BCUT2D eigenvalue weighted by Gasteiger charge is -2.03. The summed E-state index contributed by atoms with van der Waals surface area (Å²) in [5, 5.41) is 10.4. The molecule has 1 heterocycles. The van der Waals surface area contributed by atoms with Crippen LogP contribution in [0.5, 0.6) is 0 Å². The van der Waals surface area contributed by atoms with Crippen LogP contribution in [-0.2, 0) is 5.88 Å². The highest BCUT2D eigenvalue weighted by Crippen LogP contribution is 2.24. The highest BCUT2D eigenvalue weighted by atomic mass is 35.5. The topological polar surface area (TPSA) is 76.0 Å². The number of hydrogen-bond acceptors (Lipinski definition) is 3. The van der Waals surface area contributed by atoms with E-state index >= 15 is 0 Å². The average Bonchev–Trinajstić information content (AvgIpc) is 2.15. The maximum atomic E-state index is 12.4. The largest absolute Gasteiger partial charge is 0.351 e. The van der Waals surface area contributed by atoms with Gasteiger partial charge in [-0.1, -0.05) is 0 Å². The second kappa shape index (κ2) is 4.35. The molecule has 82 valence electrons. The fraction of sp³-hybridized carbons (Fsp3) is 0.286. The van der Waals surface area contributed by atoms with Crippen LogP contribution in [0.25, 0.3) is 0 Å². The maximum absolute atomic E-state index is 12.4. The summed E-state index contributed by atoms with van der Waals surface area (Å²) in [4.78, 5) is 22.4. The van der Waals surface area contributed by atoms with Gasteiger partial charge in [0.15, 0.2) is 5.69 Å². The Labute approximate surface area is 86.8 Å². The molecule has 0 aliphatic rings. The number of nitrogens with zero attached hydrogens (tertiary/aromatic N) is 1. The van der Waals surface area contributed by atoms with Gasteiger partial charge in [0.1, 0.15) is 0 Å². The summed E-state index contributed by atoms with van der Waals surface area (Å²) < 4.78 is 24.7. The van der Waals surface area contributed by atoms with Crippen molar-refractivity contribution in [1.29, 1.82) is 0 Å². The number of alkyl halides is 3. The summed E-state index contributed by atoms with van der Waals surface area (Å²) >= 11 is 5.32. The van der Waals surface area contributed by atoms with Crippen molar-refractivity contribution in [1.82, 2.24) is 4.98 Å². The van der Waals surface area contributed by atoms with Crippen LogP contribution in [0.4, 0.5) is 14.5 Å². The standard InChI is InChI=1S/C7H5ClF2N2O3/c8-2-3-1-4(13)6(12(14)15)5(11-3)7(9)10/h1,7H,2H2,(H,11,13). The number of hydrogen-bond donors (Lipinski definition) is 1. The fourth-order valence-electron chi connectivity index (χ4n) is 1.05. The SMILES string of the molecule is O=c1cc(CCl)[nH]c(C(F)F)c1[N+](=O)[O-]. The minimum atomic E-state index is -3.12. The predicted molar refractivity (Wildman–Crippen MR) is 48.2 cm³/mol. The molecular weight excluding hydrogens is 234 g/mol. The molecule has 0 fully saturated rings. The molecule has 8 heteroatoms. The van der Waals surface area contributed by atoms with Crippen LogP contribution in [0.15, 0.2) is 10.9 Å². The van der Waals surface area contributed by atoms with Gasteiger partial charge in [0.05, 0.1) is 10.8 Å². The Morgan fingerprint density at radius 2 is 2.20 bits per heavy atom. The second-order valence-electron chi connectivity index (χ2n) is 2.61. The highest BCUT2D eigenvalue weighted by molar-refractivity contribution is 6.16. The van der Waals surface area contributed by atoms with Crippen molar-refractivity contribution >= 4 is 17.3 Å². The van der Waals surface area contributed by atoms with Crippen molar-refractivity contribution in [3.63, 3.8) is 0 Å². The van der Waals surface area contributed by atoms with E-state index in [4.69, 9.17) is 11.6 Å². The van der Waals surface area contributed by atoms with Crippen molar-refractivity contribution in [2.24, 2.45) is 0 Å². The minimum Gasteiger partial charge on any atom is -0.351 e. The third-order valence-electron chi connectivity index (χ3n) is 1.63. The molecular formula is C7H5ClF2N2O3. The maximum Gasteiger partial charge on any atom is 0.341 e. The molecule has 1 aromatic rings. The summed E-state index contributed by atoms with van der Waals surface area (Å²) in [7, 11) is 0. The molecule has 1 rings (SSSR count). The third kappa shape index (κ3) is 2.30. The molecule has 1 N–H and O–H groups in total. The van der Waals surface area contributed by atoms with Gasteiger partial charge in [-0.15, -0.1) is 11.6 Å². The third-order valence-corrected chi connectivity index (χ3v) is 1.92. The number of nitro groups is 1. The quantitative estimate of drug-likeness (QED) is 0.497. The molecule has 0 saturated heterocycles.